The summed E-state index contributed by atoms with van der Waals surface area (Å²) in [5.41, 5.74) is 0.696. The Morgan fingerprint density at radius 1 is 1.17 bits per heavy atom. The van der Waals surface area contributed by atoms with Crippen LogP contribution in [0.15, 0.2) is 36.4 Å². The molecule has 4 rings (SSSR count). The van der Waals surface area contributed by atoms with Crippen LogP contribution in [0.3, 0.4) is 0 Å². The molecule has 1 fully saturated rings. The molecule has 1 aromatic rings. The van der Waals surface area contributed by atoms with Crippen LogP contribution in [0, 0.1) is 17.8 Å². The summed E-state index contributed by atoms with van der Waals surface area (Å²) in [4.78, 5) is 10.6. The Balaban J connectivity index is 1.58. The molecule has 3 aliphatic carbocycles. The number of hydrogen-bond acceptors (Lipinski definition) is 2. The number of carbonyl (C=O) groups is 1. The fraction of sp³-hybridized carbons (Fsp3) is 0.438. The van der Waals surface area contributed by atoms with E-state index in [1.807, 2.05) is 12.1 Å². The molecule has 0 saturated heterocycles. The Labute approximate surface area is 108 Å². The molecule has 0 spiro atoms. The van der Waals surface area contributed by atoms with Gasteiger partial charge < -0.3 is 4.74 Å². The summed E-state index contributed by atoms with van der Waals surface area (Å²) in [6.07, 6.45) is 9.55. The van der Waals surface area contributed by atoms with Gasteiger partial charge in [0, 0.05) is 5.56 Å². The Bertz CT molecular complexity index is 447. The van der Waals surface area contributed by atoms with Crippen LogP contribution in [0.2, 0.25) is 0 Å². The summed E-state index contributed by atoms with van der Waals surface area (Å²) in [5.74, 6) is 3.02. The predicted octanol–water partition coefficient (Wildman–Crippen LogP) is 3.48. The van der Waals surface area contributed by atoms with Crippen LogP contribution < -0.4 is 4.74 Å². The van der Waals surface area contributed by atoms with Gasteiger partial charge in [0.05, 0.1) is 6.61 Å². The summed E-state index contributed by atoms with van der Waals surface area (Å²) in [6, 6.07) is 7.35. The van der Waals surface area contributed by atoms with Crippen LogP contribution in [0.5, 0.6) is 5.75 Å². The summed E-state index contributed by atoms with van der Waals surface area (Å²) >= 11 is 0. The van der Waals surface area contributed by atoms with E-state index >= 15 is 0 Å². The maximum Gasteiger partial charge on any atom is 0.150 e. The minimum atomic E-state index is 0.666. The number of rotatable bonds is 4. The van der Waals surface area contributed by atoms with Gasteiger partial charge in [-0.05, 0) is 61.3 Å². The second-order valence-corrected chi connectivity index (χ2v) is 5.38. The van der Waals surface area contributed by atoms with Crippen molar-refractivity contribution in [2.45, 2.75) is 19.3 Å². The van der Waals surface area contributed by atoms with Crippen molar-refractivity contribution in [2.75, 3.05) is 6.61 Å². The summed E-state index contributed by atoms with van der Waals surface area (Å²) in [5, 5.41) is 0. The molecule has 0 heterocycles. The molecule has 2 heteroatoms. The van der Waals surface area contributed by atoms with Gasteiger partial charge in [0.1, 0.15) is 12.0 Å². The molecule has 0 aromatic heterocycles. The zero-order valence-corrected chi connectivity index (χ0v) is 10.4. The van der Waals surface area contributed by atoms with E-state index in [1.165, 1.54) is 19.3 Å². The van der Waals surface area contributed by atoms with Crippen molar-refractivity contribution in [1.82, 2.24) is 0 Å². The van der Waals surface area contributed by atoms with Crippen molar-refractivity contribution in [3.8, 4) is 5.75 Å². The predicted molar refractivity (Wildman–Crippen MR) is 70.8 cm³/mol. The van der Waals surface area contributed by atoms with E-state index in [4.69, 9.17) is 4.74 Å². The number of aldehydes is 1. The quantitative estimate of drug-likeness (QED) is 0.597. The number of allylic oxidation sites excluding steroid dienone is 2. The molecule has 3 aliphatic rings. The molecule has 2 nitrogen and oxygen atoms in total. The highest BCUT2D eigenvalue weighted by Crippen LogP contribution is 2.40. The lowest BCUT2D eigenvalue weighted by molar-refractivity contribution is 0.112. The van der Waals surface area contributed by atoms with Gasteiger partial charge >= 0.3 is 0 Å². The molecule has 1 saturated carbocycles. The zero-order chi connectivity index (χ0) is 12.4. The number of hydrogen-bond donors (Lipinski definition) is 0. The normalized spacial score (nSPS) is 29.2. The Hall–Kier alpha value is -1.57. The van der Waals surface area contributed by atoms with Crippen LogP contribution in [0.4, 0.5) is 0 Å². The van der Waals surface area contributed by atoms with Gasteiger partial charge in [-0.1, -0.05) is 12.2 Å². The third-order valence-corrected chi connectivity index (χ3v) is 4.19. The molecule has 0 aliphatic heterocycles. The molecular formula is C16H18O2. The van der Waals surface area contributed by atoms with Gasteiger partial charge in [0.25, 0.3) is 0 Å². The lowest BCUT2D eigenvalue weighted by Crippen LogP contribution is -2.31. The maximum absolute atomic E-state index is 10.6. The number of benzene rings is 1. The minimum absolute atomic E-state index is 0.666. The standard InChI is InChI=1S/C16H18O2/c17-10-13-3-7-16(8-4-13)18-11-15-9-12-1-5-14(15)6-2-12/h1,3-5,7-8,10,12,14-15H,2,6,9,11H2. The monoisotopic (exact) mass is 242 g/mol. The molecular weight excluding hydrogens is 224 g/mol. The van der Waals surface area contributed by atoms with Gasteiger partial charge in [-0.2, -0.15) is 0 Å². The number of carbonyl (C=O) groups excluding carboxylic acids is 1. The first-order valence-corrected chi connectivity index (χ1v) is 6.71. The molecule has 2 bridgehead atoms. The maximum atomic E-state index is 10.6. The van der Waals surface area contributed by atoms with E-state index in [2.05, 4.69) is 12.2 Å². The molecule has 0 N–H and O–H groups in total. The van der Waals surface area contributed by atoms with E-state index in [-0.39, 0.29) is 0 Å². The second-order valence-electron chi connectivity index (χ2n) is 5.38. The SMILES string of the molecule is O=Cc1ccc(OCC2CC3C=CC2CC3)cc1. The summed E-state index contributed by atoms with van der Waals surface area (Å²) in [6.45, 7) is 0.798. The van der Waals surface area contributed by atoms with Crippen molar-refractivity contribution in [1.29, 1.82) is 0 Å². The van der Waals surface area contributed by atoms with Gasteiger partial charge in [-0.25, -0.2) is 0 Å². The average molecular weight is 242 g/mol. The van der Waals surface area contributed by atoms with Crippen LogP contribution in [-0.4, -0.2) is 12.9 Å². The van der Waals surface area contributed by atoms with E-state index in [1.54, 1.807) is 12.1 Å². The highest BCUT2D eigenvalue weighted by atomic mass is 16.5. The number of ether oxygens (including phenoxy) is 1. The van der Waals surface area contributed by atoms with Crippen molar-refractivity contribution < 1.29 is 9.53 Å². The minimum Gasteiger partial charge on any atom is -0.493 e. The summed E-state index contributed by atoms with van der Waals surface area (Å²) in [7, 11) is 0. The van der Waals surface area contributed by atoms with E-state index < -0.39 is 0 Å². The lowest BCUT2D eigenvalue weighted by atomic mass is 9.69. The number of fused-ring (bicyclic) bond motifs is 2. The van der Waals surface area contributed by atoms with Gasteiger partial charge in [0.15, 0.2) is 0 Å². The van der Waals surface area contributed by atoms with Crippen molar-refractivity contribution >= 4 is 6.29 Å². The molecule has 1 aromatic carbocycles. The molecule has 94 valence electrons. The van der Waals surface area contributed by atoms with Crippen molar-refractivity contribution in [3.05, 3.63) is 42.0 Å². The first-order chi connectivity index (χ1) is 8.85. The van der Waals surface area contributed by atoms with Crippen LogP contribution in [0.25, 0.3) is 0 Å². The van der Waals surface area contributed by atoms with E-state index in [0.717, 1.165) is 24.6 Å². The smallest absolute Gasteiger partial charge is 0.150 e. The first kappa shape index (κ1) is 11.5. The molecule has 18 heavy (non-hydrogen) atoms. The summed E-state index contributed by atoms with van der Waals surface area (Å²) < 4.78 is 5.85. The van der Waals surface area contributed by atoms with Crippen molar-refractivity contribution in [2.24, 2.45) is 17.8 Å². The third kappa shape index (κ3) is 2.33. The van der Waals surface area contributed by atoms with Crippen LogP contribution in [0.1, 0.15) is 29.6 Å². The van der Waals surface area contributed by atoms with Crippen LogP contribution in [-0.2, 0) is 0 Å². The Morgan fingerprint density at radius 2 is 2.00 bits per heavy atom. The first-order valence-electron chi connectivity index (χ1n) is 6.71. The van der Waals surface area contributed by atoms with Gasteiger partial charge in [-0.3, -0.25) is 4.79 Å². The fourth-order valence-corrected chi connectivity index (χ4v) is 3.09. The highest BCUT2D eigenvalue weighted by molar-refractivity contribution is 5.74. The lowest BCUT2D eigenvalue weighted by Gasteiger charge is -2.37. The fourth-order valence-electron chi connectivity index (χ4n) is 3.09. The highest BCUT2D eigenvalue weighted by Gasteiger charge is 2.32. The topological polar surface area (TPSA) is 26.3 Å². The van der Waals surface area contributed by atoms with E-state index in [0.29, 0.717) is 17.4 Å². The zero-order valence-electron chi connectivity index (χ0n) is 10.4. The second kappa shape index (κ2) is 4.97. The third-order valence-electron chi connectivity index (χ3n) is 4.19. The van der Waals surface area contributed by atoms with Gasteiger partial charge in [-0.15, -0.1) is 0 Å². The molecule has 0 radical (unpaired) electrons. The molecule has 0 amide bonds. The molecule has 3 atom stereocenters. The van der Waals surface area contributed by atoms with E-state index in [9.17, 15) is 4.79 Å². The van der Waals surface area contributed by atoms with Crippen LogP contribution >= 0.6 is 0 Å². The molecule has 3 unspecified atom stereocenters. The Morgan fingerprint density at radius 3 is 2.56 bits per heavy atom. The largest absolute Gasteiger partial charge is 0.493 e. The van der Waals surface area contributed by atoms with Gasteiger partial charge in [0.2, 0.25) is 0 Å². The van der Waals surface area contributed by atoms with Crippen molar-refractivity contribution in [3.63, 3.8) is 0 Å². The Kier molecular flexibility index (Phi) is 3.18. The average Bonchev–Trinajstić information content (AvgIpc) is 2.47.